The Kier molecular flexibility index (Phi) is 4.04. The molecule has 2 aromatic rings. The Morgan fingerprint density at radius 3 is 2.33 bits per heavy atom. The van der Waals surface area contributed by atoms with Gasteiger partial charge >= 0.3 is 5.97 Å². The van der Waals surface area contributed by atoms with Crippen LogP contribution in [0.25, 0.3) is 0 Å². The molecule has 3 rings (SSSR count). The zero-order valence-electron chi connectivity index (χ0n) is 13.0. The van der Waals surface area contributed by atoms with Gasteiger partial charge in [0.25, 0.3) is 11.8 Å². The highest BCUT2D eigenvalue weighted by Crippen LogP contribution is 2.22. The van der Waals surface area contributed by atoms with Crippen molar-refractivity contribution in [2.75, 3.05) is 13.2 Å². The van der Waals surface area contributed by atoms with Crippen LogP contribution in [0.15, 0.2) is 42.5 Å². The summed E-state index contributed by atoms with van der Waals surface area (Å²) in [6.07, 6.45) is 0. The molecule has 6 heteroatoms. The fourth-order valence-corrected chi connectivity index (χ4v) is 2.56. The normalized spacial score (nSPS) is 13.1. The molecule has 1 N–H and O–H groups in total. The van der Waals surface area contributed by atoms with Gasteiger partial charge in [0.2, 0.25) is 0 Å². The van der Waals surface area contributed by atoms with Gasteiger partial charge < -0.3 is 9.84 Å². The van der Waals surface area contributed by atoms with E-state index >= 15 is 0 Å². The van der Waals surface area contributed by atoms with E-state index in [-0.39, 0.29) is 24.5 Å². The minimum Gasteiger partial charge on any atom is -0.507 e. The zero-order valence-corrected chi connectivity index (χ0v) is 13.0. The molecule has 2 aromatic carbocycles. The molecule has 1 aliphatic heterocycles. The quantitative estimate of drug-likeness (QED) is 0.688. The van der Waals surface area contributed by atoms with Crippen molar-refractivity contribution < 1.29 is 24.2 Å². The van der Waals surface area contributed by atoms with Gasteiger partial charge in [-0.05, 0) is 31.2 Å². The van der Waals surface area contributed by atoms with Gasteiger partial charge in [0, 0.05) is 0 Å². The molecule has 24 heavy (non-hydrogen) atoms. The summed E-state index contributed by atoms with van der Waals surface area (Å²) in [5, 5.41) is 9.70. The average Bonchev–Trinajstić information content (AvgIpc) is 2.82. The van der Waals surface area contributed by atoms with Crippen LogP contribution in [0.2, 0.25) is 0 Å². The number of carbonyl (C=O) groups is 3. The van der Waals surface area contributed by atoms with Crippen LogP contribution < -0.4 is 0 Å². The molecule has 0 atom stereocenters. The van der Waals surface area contributed by atoms with E-state index in [1.165, 1.54) is 12.1 Å². The van der Waals surface area contributed by atoms with E-state index in [1.807, 2.05) is 0 Å². The van der Waals surface area contributed by atoms with Crippen LogP contribution in [0, 0.1) is 6.92 Å². The third-order valence-electron chi connectivity index (χ3n) is 3.80. The second-order valence-corrected chi connectivity index (χ2v) is 5.46. The number of benzene rings is 2. The molecular weight excluding hydrogens is 310 g/mol. The number of rotatable bonds is 4. The van der Waals surface area contributed by atoms with Gasteiger partial charge in [-0.15, -0.1) is 0 Å². The Labute approximate surface area is 138 Å². The molecule has 2 amide bonds. The Balaban J connectivity index is 1.63. The van der Waals surface area contributed by atoms with Crippen LogP contribution >= 0.6 is 0 Å². The number of carbonyl (C=O) groups excluding carboxylic acids is 3. The second-order valence-electron chi connectivity index (χ2n) is 5.46. The number of amides is 2. The maximum absolute atomic E-state index is 12.2. The monoisotopic (exact) mass is 325 g/mol. The Bertz CT molecular complexity index is 808. The first-order valence-electron chi connectivity index (χ1n) is 7.41. The fraction of sp³-hybridized carbons (Fsp3) is 0.167. The van der Waals surface area contributed by atoms with E-state index in [1.54, 1.807) is 37.3 Å². The number of phenols is 1. The minimum absolute atomic E-state index is 0.0370. The van der Waals surface area contributed by atoms with Crippen LogP contribution in [0.3, 0.4) is 0 Å². The first-order valence-corrected chi connectivity index (χ1v) is 7.41. The topological polar surface area (TPSA) is 83.9 Å². The predicted molar refractivity (Wildman–Crippen MR) is 84.9 cm³/mol. The number of hydrogen-bond donors (Lipinski definition) is 1. The number of aryl methyl sites for hydroxylation is 1. The van der Waals surface area contributed by atoms with Gasteiger partial charge in [-0.2, -0.15) is 0 Å². The van der Waals surface area contributed by atoms with E-state index in [9.17, 15) is 19.5 Å². The summed E-state index contributed by atoms with van der Waals surface area (Å²) < 4.78 is 5.08. The van der Waals surface area contributed by atoms with Crippen LogP contribution in [0.4, 0.5) is 0 Å². The van der Waals surface area contributed by atoms with E-state index < -0.39 is 17.8 Å². The molecule has 0 unspecified atom stereocenters. The summed E-state index contributed by atoms with van der Waals surface area (Å²) in [5.74, 6) is -1.67. The lowest BCUT2D eigenvalue weighted by Crippen LogP contribution is -2.33. The minimum atomic E-state index is -0.701. The Morgan fingerprint density at radius 2 is 1.71 bits per heavy atom. The summed E-state index contributed by atoms with van der Waals surface area (Å²) >= 11 is 0. The number of nitrogens with zero attached hydrogens (tertiary/aromatic N) is 1. The zero-order chi connectivity index (χ0) is 17.3. The maximum Gasteiger partial charge on any atom is 0.341 e. The number of hydrogen-bond acceptors (Lipinski definition) is 5. The summed E-state index contributed by atoms with van der Waals surface area (Å²) in [6, 6.07) is 11.2. The third-order valence-corrected chi connectivity index (χ3v) is 3.80. The molecule has 0 radical (unpaired) electrons. The summed E-state index contributed by atoms with van der Waals surface area (Å²) in [4.78, 5) is 37.4. The standard InChI is InChI=1S/C18H15NO5/c1-11-6-7-15(20)14(10-11)18(23)24-9-8-19-16(21)12-4-2-3-5-13(12)17(19)22/h2-7,10,20H,8-9H2,1H3. The number of fused-ring (bicyclic) bond motifs is 1. The highest BCUT2D eigenvalue weighted by Gasteiger charge is 2.34. The molecule has 0 spiro atoms. The molecule has 0 fully saturated rings. The van der Waals surface area contributed by atoms with Gasteiger partial charge in [-0.3, -0.25) is 14.5 Å². The van der Waals surface area contributed by atoms with Crippen LogP contribution in [-0.4, -0.2) is 40.9 Å². The van der Waals surface area contributed by atoms with Crippen LogP contribution in [-0.2, 0) is 4.74 Å². The van der Waals surface area contributed by atoms with E-state index in [0.29, 0.717) is 11.1 Å². The van der Waals surface area contributed by atoms with E-state index in [0.717, 1.165) is 10.5 Å². The molecule has 0 aliphatic carbocycles. The third kappa shape index (κ3) is 2.74. The van der Waals surface area contributed by atoms with Crippen molar-refractivity contribution in [1.82, 2.24) is 4.90 Å². The van der Waals surface area contributed by atoms with Crippen LogP contribution in [0.1, 0.15) is 36.6 Å². The molecule has 0 bridgehead atoms. The molecule has 0 aromatic heterocycles. The van der Waals surface area contributed by atoms with Crippen molar-refractivity contribution >= 4 is 17.8 Å². The largest absolute Gasteiger partial charge is 0.507 e. The molecular formula is C18H15NO5. The molecule has 0 saturated carbocycles. The van der Waals surface area contributed by atoms with Gasteiger partial charge in [0.1, 0.15) is 17.9 Å². The van der Waals surface area contributed by atoms with Crippen molar-refractivity contribution in [1.29, 1.82) is 0 Å². The van der Waals surface area contributed by atoms with Crippen molar-refractivity contribution in [3.8, 4) is 5.75 Å². The second kappa shape index (κ2) is 6.16. The lowest BCUT2D eigenvalue weighted by Gasteiger charge is -2.14. The Hall–Kier alpha value is -3.15. The lowest BCUT2D eigenvalue weighted by molar-refractivity contribution is 0.0417. The number of aromatic hydroxyl groups is 1. The molecule has 1 heterocycles. The first-order chi connectivity index (χ1) is 11.5. The molecule has 1 aliphatic rings. The summed E-state index contributed by atoms with van der Waals surface area (Å²) in [5.41, 5.74) is 1.56. The SMILES string of the molecule is Cc1ccc(O)c(C(=O)OCCN2C(=O)c3ccccc3C2=O)c1. The van der Waals surface area contributed by atoms with Gasteiger partial charge in [-0.25, -0.2) is 4.79 Å². The van der Waals surface area contributed by atoms with Crippen molar-refractivity contribution in [3.63, 3.8) is 0 Å². The lowest BCUT2D eigenvalue weighted by atomic mass is 10.1. The maximum atomic E-state index is 12.2. The van der Waals surface area contributed by atoms with E-state index in [4.69, 9.17) is 4.74 Å². The highest BCUT2D eigenvalue weighted by molar-refractivity contribution is 6.21. The number of ether oxygens (including phenoxy) is 1. The molecule has 6 nitrogen and oxygen atoms in total. The smallest absolute Gasteiger partial charge is 0.341 e. The fourth-order valence-electron chi connectivity index (χ4n) is 2.56. The molecule has 0 saturated heterocycles. The van der Waals surface area contributed by atoms with Crippen molar-refractivity contribution in [2.24, 2.45) is 0 Å². The number of imide groups is 1. The Morgan fingerprint density at radius 1 is 1.08 bits per heavy atom. The average molecular weight is 325 g/mol. The summed E-state index contributed by atoms with van der Waals surface area (Å²) in [7, 11) is 0. The van der Waals surface area contributed by atoms with Gasteiger partial charge in [0.05, 0.1) is 17.7 Å². The van der Waals surface area contributed by atoms with Crippen molar-refractivity contribution in [2.45, 2.75) is 6.92 Å². The van der Waals surface area contributed by atoms with Crippen molar-refractivity contribution in [3.05, 3.63) is 64.7 Å². The molecule has 122 valence electrons. The predicted octanol–water partition coefficient (Wildman–Crippen LogP) is 2.15. The van der Waals surface area contributed by atoms with Gasteiger partial charge in [0.15, 0.2) is 0 Å². The highest BCUT2D eigenvalue weighted by atomic mass is 16.5. The first kappa shape index (κ1) is 15.7. The number of phenolic OH excluding ortho intramolecular Hbond substituents is 1. The van der Waals surface area contributed by atoms with Gasteiger partial charge in [-0.1, -0.05) is 23.8 Å². The number of esters is 1. The van der Waals surface area contributed by atoms with Crippen LogP contribution in [0.5, 0.6) is 5.75 Å². The van der Waals surface area contributed by atoms with E-state index in [2.05, 4.69) is 0 Å². The summed E-state index contributed by atoms with van der Waals surface area (Å²) in [6.45, 7) is 1.61.